The van der Waals surface area contributed by atoms with Gasteiger partial charge in [-0.1, -0.05) is 60.8 Å². The van der Waals surface area contributed by atoms with Crippen molar-refractivity contribution in [3.8, 4) is 17.0 Å². The number of alkyl carbamates (subject to hydrolysis) is 1. The summed E-state index contributed by atoms with van der Waals surface area (Å²) in [5.41, 5.74) is 3.13. The van der Waals surface area contributed by atoms with Crippen LogP contribution in [0, 0.1) is 6.92 Å². The molecule has 2 aromatic carbocycles. The number of halogens is 1. The van der Waals surface area contributed by atoms with Gasteiger partial charge in [0.1, 0.15) is 5.75 Å². The normalized spacial score (nSPS) is 20.9. The van der Waals surface area contributed by atoms with Crippen molar-refractivity contribution >= 4 is 23.6 Å². The van der Waals surface area contributed by atoms with E-state index in [-0.39, 0.29) is 24.0 Å². The van der Waals surface area contributed by atoms with Crippen molar-refractivity contribution in [3.05, 3.63) is 71.1 Å². The summed E-state index contributed by atoms with van der Waals surface area (Å²) in [4.78, 5) is 33.0. The molecular formula is C31H38ClN5O4. The van der Waals surface area contributed by atoms with Crippen LogP contribution in [-0.2, 0) is 4.74 Å². The Bertz CT molecular complexity index is 1350. The van der Waals surface area contributed by atoms with Gasteiger partial charge >= 0.3 is 6.09 Å². The topological polar surface area (TPSA) is 97.7 Å². The average Bonchev–Trinajstić information content (AvgIpc) is 3.44. The number of nitrogens with one attached hydrogen (secondary N) is 2. The number of carbonyl (C=O) groups is 2. The Morgan fingerprint density at radius 2 is 1.95 bits per heavy atom. The van der Waals surface area contributed by atoms with E-state index in [4.69, 9.17) is 26.1 Å². The van der Waals surface area contributed by atoms with E-state index in [1.807, 2.05) is 60.4 Å². The zero-order valence-corrected chi connectivity index (χ0v) is 24.4. The summed E-state index contributed by atoms with van der Waals surface area (Å²) < 4.78 is 13.0. The summed E-state index contributed by atoms with van der Waals surface area (Å²) in [6, 6.07) is 15.4. The number of piperazine rings is 1. The maximum absolute atomic E-state index is 14.2. The first-order valence-electron chi connectivity index (χ1n) is 14.3. The molecule has 0 bridgehead atoms. The van der Waals surface area contributed by atoms with Crippen LogP contribution < -0.4 is 15.4 Å². The average molecular weight is 580 g/mol. The molecule has 2 aliphatic rings. The second-order valence-electron chi connectivity index (χ2n) is 10.7. The van der Waals surface area contributed by atoms with Gasteiger partial charge in [0.2, 0.25) is 0 Å². The third kappa shape index (κ3) is 6.68. The largest absolute Gasteiger partial charge is 0.493 e. The van der Waals surface area contributed by atoms with Gasteiger partial charge in [-0.25, -0.2) is 9.78 Å². The van der Waals surface area contributed by atoms with Gasteiger partial charge in [-0.15, -0.1) is 0 Å². The van der Waals surface area contributed by atoms with Crippen LogP contribution in [0.4, 0.5) is 4.79 Å². The molecule has 9 nitrogen and oxygen atoms in total. The predicted molar refractivity (Wildman–Crippen MR) is 158 cm³/mol. The van der Waals surface area contributed by atoms with Crippen LogP contribution >= 0.6 is 11.6 Å². The van der Waals surface area contributed by atoms with E-state index in [2.05, 4.69) is 15.2 Å². The Kier molecular flexibility index (Phi) is 9.46. The van der Waals surface area contributed by atoms with Crippen LogP contribution in [0.15, 0.2) is 54.9 Å². The molecule has 0 spiro atoms. The number of ether oxygens (including phenoxy) is 2. The summed E-state index contributed by atoms with van der Waals surface area (Å²) in [5, 5.41) is 7.10. The molecular weight excluding hydrogens is 542 g/mol. The number of imidazole rings is 1. The lowest BCUT2D eigenvalue weighted by Gasteiger charge is -2.36. The van der Waals surface area contributed by atoms with Crippen molar-refractivity contribution in [2.45, 2.75) is 57.2 Å². The first-order chi connectivity index (χ1) is 20.0. The third-order valence-electron chi connectivity index (χ3n) is 8.09. The number of carbonyl (C=O) groups excluding carboxylic acids is 2. The van der Waals surface area contributed by atoms with Gasteiger partial charge in [-0.3, -0.25) is 4.79 Å². The van der Waals surface area contributed by atoms with Gasteiger partial charge in [-0.2, -0.15) is 0 Å². The van der Waals surface area contributed by atoms with E-state index in [1.54, 1.807) is 6.33 Å². The highest BCUT2D eigenvalue weighted by Crippen LogP contribution is 2.35. The van der Waals surface area contributed by atoms with Crippen molar-refractivity contribution in [2.24, 2.45) is 0 Å². The van der Waals surface area contributed by atoms with Gasteiger partial charge in [0.05, 0.1) is 37.8 Å². The van der Waals surface area contributed by atoms with Gasteiger partial charge in [0, 0.05) is 42.7 Å². The summed E-state index contributed by atoms with van der Waals surface area (Å²) >= 11 is 6.26. The van der Waals surface area contributed by atoms with Crippen molar-refractivity contribution < 1.29 is 19.1 Å². The summed E-state index contributed by atoms with van der Waals surface area (Å²) in [7, 11) is 1.38. The van der Waals surface area contributed by atoms with Crippen molar-refractivity contribution in [1.82, 2.24) is 25.1 Å². The molecule has 0 unspecified atom stereocenters. The first kappa shape index (κ1) is 29.0. The second-order valence-corrected chi connectivity index (χ2v) is 11.1. The second kappa shape index (κ2) is 13.4. The minimum absolute atomic E-state index is 0.0411. The number of methoxy groups -OCH3 is 1. The molecule has 2 heterocycles. The van der Waals surface area contributed by atoms with E-state index in [0.29, 0.717) is 43.4 Å². The van der Waals surface area contributed by atoms with Crippen LogP contribution in [0.3, 0.4) is 0 Å². The fourth-order valence-electron chi connectivity index (χ4n) is 5.87. The zero-order valence-electron chi connectivity index (χ0n) is 23.6. The lowest BCUT2D eigenvalue weighted by Crippen LogP contribution is -2.54. The van der Waals surface area contributed by atoms with Crippen molar-refractivity contribution in [1.29, 1.82) is 0 Å². The molecule has 10 heteroatoms. The van der Waals surface area contributed by atoms with Crippen molar-refractivity contribution in [3.63, 3.8) is 0 Å². The number of hydrogen-bond acceptors (Lipinski definition) is 6. The van der Waals surface area contributed by atoms with E-state index < -0.39 is 6.09 Å². The fraction of sp³-hybridized carbons (Fsp3) is 0.452. The Morgan fingerprint density at radius 1 is 1.15 bits per heavy atom. The molecule has 1 saturated heterocycles. The number of benzene rings is 2. The van der Waals surface area contributed by atoms with Crippen LogP contribution in [0.5, 0.6) is 5.75 Å². The molecule has 2 fully saturated rings. The molecule has 3 aromatic rings. The molecule has 5 rings (SSSR count). The molecule has 1 saturated carbocycles. The first-order valence-corrected chi connectivity index (χ1v) is 14.7. The Labute approximate surface area is 246 Å². The number of aromatic nitrogens is 2. The van der Waals surface area contributed by atoms with Gasteiger partial charge in [0.15, 0.2) is 5.69 Å². The maximum atomic E-state index is 14.2. The van der Waals surface area contributed by atoms with E-state index in [0.717, 1.165) is 48.3 Å². The Hall–Kier alpha value is -3.56. The molecule has 218 valence electrons. The number of hydrogen-bond donors (Lipinski definition) is 2. The smallest absolute Gasteiger partial charge is 0.407 e. The van der Waals surface area contributed by atoms with Crippen LogP contribution in [0.2, 0.25) is 5.02 Å². The fourth-order valence-corrected chi connectivity index (χ4v) is 6.04. The highest BCUT2D eigenvalue weighted by molar-refractivity contribution is 6.31. The van der Waals surface area contributed by atoms with Crippen LogP contribution in [0.1, 0.15) is 54.2 Å². The minimum atomic E-state index is -0.446. The molecule has 1 aliphatic heterocycles. The SMILES string of the molecule is COC(=O)N[C@H]1CCCC[C@@H]1n1cnc(C(=O)N2CCNC[C@H]2CCOc2ccc(C)c(Cl)c2)c1-c1ccccc1. The Balaban J connectivity index is 1.40. The molecule has 2 N–H and O–H groups in total. The van der Waals surface area contributed by atoms with Crippen LogP contribution in [0.25, 0.3) is 11.3 Å². The van der Waals surface area contributed by atoms with Gasteiger partial charge in [0.25, 0.3) is 5.91 Å². The quantitative estimate of drug-likeness (QED) is 0.379. The van der Waals surface area contributed by atoms with E-state index in [1.165, 1.54) is 7.11 Å². The third-order valence-corrected chi connectivity index (χ3v) is 8.50. The van der Waals surface area contributed by atoms with E-state index >= 15 is 0 Å². The van der Waals surface area contributed by atoms with E-state index in [9.17, 15) is 9.59 Å². The summed E-state index contributed by atoms with van der Waals surface area (Å²) in [6.07, 6.45) is 5.74. The number of aryl methyl sites for hydroxylation is 1. The van der Waals surface area contributed by atoms with Crippen molar-refractivity contribution in [2.75, 3.05) is 33.4 Å². The molecule has 41 heavy (non-hydrogen) atoms. The summed E-state index contributed by atoms with van der Waals surface area (Å²) in [6.45, 7) is 4.39. The minimum Gasteiger partial charge on any atom is -0.493 e. The number of rotatable bonds is 8. The molecule has 0 radical (unpaired) electrons. The monoisotopic (exact) mass is 579 g/mol. The lowest BCUT2D eigenvalue weighted by atomic mass is 9.89. The standard InChI is InChI=1S/C31H38ClN5O4/c1-21-12-13-24(18-25(21)32)41-17-14-23-19-33-15-16-36(23)30(38)28-29(22-8-4-3-5-9-22)37(20-34-28)27-11-7-6-10-26(27)35-31(39)40-2/h3-5,8-9,12-13,18,20,23,26-27,33H,6-7,10-11,14-17,19H2,1-2H3,(H,35,39)/t23-,26+,27+/m1/s1. The molecule has 1 aromatic heterocycles. The highest BCUT2D eigenvalue weighted by Gasteiger charge is 2.35. The maximum Gasteiger partial charge on any atom is 0.407 e. The van der Waals surface area contributed by atoms with Gasteiger partial charge < -0.3 is 29.6 Å². The predicted octanol–water partition coefficient (Wildman–Crippen LogP) is 5.23. The number of amides is 2. The lowest BCUT2D eigenvalue weighted by molar-refractivity contribution is 0.0601. The molecule has 3 atom stereocenters. The number of nitrogens with zero attached hydrogens (tertiary/aromatic N) is 3. The molecule has 1 aliphatic carbocycles. The Morgan fingerprint density at radius 3 is 2.73 bits per heavy atom. The highest BCUT2D eigenvalue weighted by atomic mass is 35.5. The zero-order chi connectivity index (χ0) is 28.8. The van der Waals surface area contributed by atoms with Crippen LogP contribution in [-0.4, -0.2) is 71.9 Å². The summed E-state index contributed by atoms with van der Waals surface area (Å²) in [5.74, 6) is 0.621. The van der Waals surface area contributed by atoms with Gasteiger partial charge in [-0.05, 0) is 37.5 Å². The molecule has 2 amide bonds.